The number of aromatic nitrogens is 1. The summed E-state index contributed by atoms with van der Waals surface area (Å²) in [7, 11) is 0. The van der Waals surface area contributed by atoms with E-state index in [0.29, 0.717) is 18.7 Å². The molecule has 2 aromatic carbocycles. The molecule has 156 valence electrons. The van der Waals surface area contributed by atoms with Gasteiger partial charge in [-0.1, -0.05) is 36.8 Å². The van der Waals surface area contributed by atoms with Crippen molar-refractivity contribution in [2.24, 2.45) is 5.73 Å². The third-order valence-corrected chi connectivity index (χ3v) is 5.99. The van der Waals surface area contributed by atoms with E-state index in [1.165, 1.54) is 11.1 Å². The van der Waals surface area contributed by atoms with E-state index in [1.54, 1.807) is 6.07 Å². The summed E-state index contributed by atoms with van der Waals surface area (Å²) < 4.78 is 7.89. The van der Waals surface area contributed by atoms with Gasteiger partial charge in [-0.05, 0) is 55.0 Å². The number of amides is 1. The van der Waals surface area contributed by atoms with Crippen molar-refractivity contribution in [1.82, 2.24) is 4.57 Å². The van der Waals surface area contributed by atoms with Gasteiger partial charge in [-0.15, -0.1) is 0 Å². The Kier molecular flexibility index (Phi) is 5.48. The maximum atomic E-state index is 12.4. The minimum absolute atomic E-state index is 0.346. The number of carbonyl (C=O) groups excluding carboxylic acids is 1. The molecule has 1 unspecified atom stereocenters. The van der Waals surface area contributed by atoms with E-state index in [2.05, 4.69) is 23.6 Å². The Morgan fingerprint density at radius 1 is 1.17 bits per heavy atom. The molecule has 1 aromatic heterocycles. The molecular formula is C24H26N2O4. The first-order valence-electron chi connectivity index (χ1n) is 10.3. The number of hydrogen-bond acceptors (Lipinski definition) is 3. The van der Waals surface area contributed by atoms with Crippen LogP contribution in [0.25, 0.3) is 10.9 Å². The summed E-state index contributed by atoms with van der Waals surface area (Å²) in [5, 5.41) is 9.91. The first-order valence-corrected chi connectivity index (χ1v) is 10.3. The van der Waals surface area contributed by atoms with Gasteiger partial charge in [-0.25, -0.2) is 4.79 Å². The van der Waals surface area contributed by atoms with Crippen LogP contribution in [0.1, 0.15) is 47.6 Å². The van der Waals surface area contributed by atoms with Gasteiger partial charge in [0.25, 0.3) is 0 Å². The zero-order chi connectivity index (χ0) is 21.3. The van der Waals surface area contributed by atoms with Crippen molar-refractivity contribution in [3.8, 4) is 5.75 Å². The minimum Gasteiger partial charge on any atom is -0.481 e. The van der Waals surface area contributed by atoms with Gasteiger partial charge in [0.1, 0.15) is 5.75 Å². The number of carbonyl (C=O) groups is 2. The third-order valence-electron chi connectivity index (χ3n) is 5.99. The smallest absolute Gasteiger partial charge is 0.341 e. The number of fused-ring (bicyclic) bond motifs is 3. The summed E-state index contributed by atoms with van der Waals surface area (Å²) in [6.07, 6.45) is 3.44. The third kappa shape index (κ3) is 3.65. The quantitative estimate of drug-likeness (QED) is 0.610. The van der Waals surface area contributed by atoms with Crippen molar-refractivity contribution in [2.75, 3.05) is 6.61 Å². The number of hydrogen-bond donors (Lipinski definition) is 2. The molecule has 0 radical (unpaired) electrons. The molecule has 30 heavy (non-hydrogen) atoms. The fraction of sp³-hybridized carbons (Fsp3) is 0.333. The SMILES string of the molecule is Cc1ccccc1Cn1c2c(c3c(OCC(=O)O)cccc31)C(C(N)=O)CCCC2. The second-order valence-electron chi connectivity index (χ2n) is 7.91. The summed E-state index contributed by atoms with van der Waals surface area (Å²) in [6, 6.07) is 13.9. The number of aryl methyl sites for hydroxylation is 1. The maximum absolute atomic E-state index is 12.4. The first kappa shape index (κ1) is 20.0. The van der Waals surface area contributed by atoms with E-state index >= 15 is 0 Å². The lowest BCUT2D eigenvalue weighted by atomic mass is 9.92. The number of carboxylic acids is 1. The van der Waals surface area contributed by atoms with Crippen LogP contribution in [0, 0.1) is 6.92 Å². The fourth-order valence-corrected chi connectivity index (χ4v) is 4.56. The normalized spacial score (nSPS) is 16.1. The fourth-order valence-electron chi connectivity index (χ4n) is 4.56. The molecule has 0 bridgehead atoms. The van der Waals surface area contributed by atoms with Crippen LogP contribution in [0.2, 0.25) is 0 Å². The molecule has 0 saturated heterocycles. The summed E-state index contributed by atoms with van der Waals surface area (Å²) in [5.74, 6) is -1.30. The highest BCUT2D eigenvalue weighted by Gasteiger charge is 2.31. The largest absolute Gasteiger partial charge is 0.481 e. The topological polar surface area (TPSA) is 94.6 Å². The van der Waals surface area contributed by atoms with E-state index in [9.17, 15) is 9.59 Å². The molecule has 1 heterocycles. The molecule has 4 rings (SSSR count). The molecule has 0 saturated carbocycles. The maximum Gasteiger partial charge on any atom is 0.341 e. The minimum atomic E-state index is -1.04. The molecule has 3 aromatic rings. The van der Waals surface area contributed by atoms with Crippen molar-refractivity contribution in [3.63, 3.8) is 0 Å². The average Bonchev–Trinajstić information content (AvgIpc) is 2.87. The Balaban J connectivity index is 1.96. The van der Waals surface area contributed by atoms with Gasteiger partial charge >= 0.3 is 5.97 Å². The van der Waals surface area contributed by atoms with Crippen LogP contribution in [0.5, 0.6) is 5.75 Å². The molecule has 6 heteroatoms. The van der Waals surface area contributed by atoms with Crippen LogP contribution in [-0.4, -0.2) is 28.2 Å². The highest BCUT2D eigenvalue weighted by Crippen LogP contribution is 2.42. The summed E-state index contributed by atoms with van der Waals surface area (Å²) in [6.45, 7) is 2.33. The van der Waals surface area contributed by atoms with Crippen LogP contribution in [0.4, 0.5) is 0 Å². The van der Waals surface area contributed by atoms with Gasteiger partial charge in [0.2, 0.25) is 5.91 Å². The lowest BCUT2D eigenvalue weighted by Crippen LogP contribution is -2.21. The number of nitrogens with two attached hydrogens (primary N) is 1. The first-order chi connectivity index (χ1) is 14.5. The summed E-state index contributed by atoms with van der Waals surface area (Å²) >= 11 is 0. The molecule has 3 N–H and O–H groups in total. The van der Waals surface area contributed by atoms with E-state index in [-0.39, 0.29) is 5.91 Å². The monoisotopic (exact) mass is 406 g/mol. The standard InChI is InChI=1S/C24H26N2O4/c1-15-7-2-3-8-16(15)13-26-18-10-5-4-9-17(24(25)29)22(18)23-19(26)11-6-12-20(23)30-14-21(27)28/h2-3,6-8,11-12,17H,4-5,9-10,13-14H2,1H3,(H2,25,29)(H,27,28). The van der Waals surface area contributed by atoms with Gasteiger partial charge in [0.05, 0.1) is 11.4 Å². The van der Waals surface area contributed by atoms with Gasteiger partial charge in [0, 0.05) is 17.6 Å². The molecule has 1 atom stereocenters. The molecule has 1 aliphatic rings. The molecule has 1 aliphatic carbocycles. The second kappa shape index (κ2) is 8.22. The summed E-state index contributed by atoms with van der Waals surface area (Å²) in [5.41, 5.74) is 11.2. The Labute approximate surface area is 175 Å². The average molecular weight is 406 g/mol. The number of benzene rings is 2. The molecule has 0 aliphatic heterocycles. The highest BCUT2D eigenvalue weighted by molar-refractivity contribution is 5.97. The predicted octanol–water partition coefficient (Wildman–Crippen LogP) is 3.76. The number of ether oxygens (including phenoxy) is 1. The van der Waals surface area contributed by atoms with Gasteiger partial charge in [-0.2, -0.15) is 0 Å². The van der Waals surface area contributed by atoms with Crippen LogP contribution in [-0.2, 0) is 22.6 Å². The van der Waals surface area contributed by atoms with Gasteiger partial charge in [-0.3, -0.25) is 4.79 Å². The van der Waals surface area contributed by atoms with Crippen LogP contribution >= 0.6 is 0 Å². The van der Waals surface area contributed by atoms with E-state index < -0.39 is 18.5 Å². The second-order valence-corrected chi connectivity index (χ2v) is 7.91. The number of aliphatic carboxylic acids is 1. The Morgan fingerprint density at radius 2 is 1.97 bits per heavy atom. The Bertz CT molecular complexity index is 1120. The van der Waals surface area contributed by atoms with Gasteiger partial charge in [0.15, 0.2) is 6.61 Å². The zero-order valence-electron chi connectivity index (χ0n) is 17.1. The molecular weight excluding hydrogens is 380 g/mol. The van der Waals surface area contributed by atoms with E-state index in [1.807, 2.05) is 24.3 Å². The zero-order valence-corrected chi connectivity index (χ0v) is 17.1. The number of rotatable bonds is 6. The highest BCUT2D eigenvalue weighted by atomic mass is 16.5. The Morgan fingerprint density at radius 3 is 2.70 bits per heavy atom. The molecule has 0 spiro atoms. The van der Waals surface area contributed by atoms with E-state index in [0.717, 1.165) is 41.4 Å². The predicted molar refractivity (Wildman–Crippen MR) is 115 cm³/mol. The molecule has 6 nitrogen and oxygen atoms in total. The number of nitrogens with zero attached hydrogens (tertiary/aromatic N) is 1. The van der Waals surface area contributed by atoms with Crippen LogP contribution < -0.4 is 10.5 Å². The summed E-state index contributed by atoms with van der Waals surface area (Å²) in [4.78, 5) is 23.5. The van der Waals surface area contributed by atoms with Crippen molar-refractivity contribution in [1.29, 1.82) is 0 Å². The van der Waals surface area contributed by atoms with Crippen molar-refractivity contribution < 1.29 is 19.4 Å². The lowest BCUT2D eigenvalue weighted by molar-refractivity contribution is -0.139. The number of carboxylic acid groups (broad SMARTS) is 1. The molecule has 1 amide bonds. The van der Waals surface area contributed by atoms with Crippen molar-refractivity contribution in [2.45, 2.75) is 45.1 Å². The molecule has 0 fully saturated rings. The van der Waals surface area contributed by atoms with Gasteiger partial charge < -0.3 is 20.1 Å². The van der Waals surface area contributed by atoms with Crippen LogP contribution in [0.15, 0.2) is 42.5 Å². The van der Waals surface area contributed by atoms with E-state index in [4.69, 9.17) is 15.6 Å². The number of primary amides is 1. The van der Waals surface area contributed by atoms with Crippen molar-refractivity contribution >= 4 is 22.8 Å². The van der Waals surface area contributed by atoms with Crippen molar-refractivity contribution in [3.05, 3.63) is 64.8 Å². The Hall–Kier alpha value is -3.28. The van der Waals surface area contributed by atoms with Crippen LogP contribution in [0.3, 0.4) is 0 Å². The lowest BCUT2D eigenvalue weighted by Gasteiger charge is -2.14.